The van der Waals surface area contributed by atoms with Crippen LogP contribution in [0.1, 0.15) is 18.0 Å². The standard InChI is InChI=1S/C9H8FNO4/c10-5-1-2-11-7(3-5)6(9(14)15)4-8(12)13/h1-3,6H,4H2,(H,12,13)(H,14,15). The number of pyridine rings is 1. The summed E-state index contributed by atoms with van der Waals surface area (Å²) in [7, 11) is 0. The van der Waals surface area contributed by atoms with E-state index >= 15 is 0 Å². The lowest BCUT2D eigenvalue weighted by Gasteiger charge is -2.08. The minimum atomic E-state index is -1.34. The molecule has 1 heterocycles. The van der Waals surface area contributed by atoms with E-state index in [4.69, 9.17) is 10.2 Å². The number of aromatic nitrogens is 1. The third-order valence-electron chi connectivity index (χ3n) is 1.78. The second kappa shape index (κ2) is 4.50. The molecule has 6 heteroatoms. The van der Waals surface area contributed by atoms with Crippen LogP contribution in [0.3, 0.4) is 0 Å². The van der Waals surface area contributed by atoms with Gasteiger partial charge in [-0.25, -0.2) is 4.39 Å². The first-order valence-electron chi connectivity index (χ1n) is 4.06. The summed E-state index contributed by atoms with van der Waals surface area (Å²) in [5, 5.41) is 17.2. The molecule has 0 bridgehead atoms. The maximum atomic E-state index is 12.7. The predicted molar refractivity (Wildman–Crippen MR) is 46.8 cm³/mol. The van der Waals surface area contributed by atoms with Gasteiger partial charge in [0.25, 0.3) is 0 Å². The summed E-state index contributed by atoms with van der Waals surface area (Å²) >= 11 is 0. The van der Waals surface area contributed by atoms with Gasteiger partial charge in [0.15, 0.2) is 0 Å². The van der Waals surface area contributed by atoms with Crippen molar-refractivity contribution in [2.24, 2.45) is 0 Å². The van der Waals surface area contributed by atoms with Crippen molar-refractivity contribution in [3.8, 4) is 0 Å². The van der Waals surface area contributed by atoms with Crippen LogP contribution in [0.2, 0.25) is 0 Å². The molecule has 0 radical (unpaired) electrons. The van der Waals surface area contributed by atoms with Crippen LogP contribution >= 0.6 is 0 Å². The number of nitrogens with zero attached hydrogens (tertiary/aromatic N) is 1. The van der Waals surface area contributed by atoms with Crippen LogP contribution in [0.4, 0.5) is 4.39 Å². The molecule has 1 unspecified atom stereocenters. The molecule has 0 fully saturated rings. The molecule has 0 saturated carbocycles. The van der Waals surface area contributed by atoms with E-state index in [1.165, 1.54) is 0 Å². The van der Waals surface area contributed by atoms with Crippen LogP contribution < -0.4 is 0 Å². The molecule has 1 aromatic heterocycles. The Kier molecular flexibility index (Phi) is 3.33. The monoisotopic (exact) mass is 213 g/mol. The lowest BCUT2D eigenvalue weighted by Crippen LogP contribution is -2.17. The van der Waals surface area contributed by atoms with Gasteiger partial charge in [-0.15, -0.1) is 0 Å². The first-order chi connectivity index (χ1) is 7.00. The van der Waals surface area contributed by atoms with E-state index in [-0.39, 0.29) is 5.69 Å². The number of hydrogen-bond acceptors (Lipinski definition) is 3. The largest absolute Gasteiger partial charge is 0.481 e. The summed E-state index contributed by atoms with van der Waals surface area (Å²) in [6.45, 7) is 0. The molecule has 2 N–H and O–H groups in total. The average Bonchev–Trinajstić information content (AvgIpc) is 2.13. The van der Waals surface area contributed by atoms with Gasteiger partial charge in [-0.3, -0.25) is 14.6 Å². The van der Waals surface area contributed by atoms with Crippen molar-refractivity contribution in [2.75, 3.05) is 0 Å². The number of aliphatic carboxylic acids is 2. The molecule has 1 rings (SSSR count). The van der Waals surface area contributed by atoms with Crippen LogP contribution in [0.15, 0.2) is 18.3 Å². The molecule has 1 aromatic rings. The fourth-order valence-electron chi connectivity index (χ4n) is 1.10. The third kappa shape index (κ3) is 3.01. The Bertz CT molecular complexity index is 393. The molecule has 80 valence electrons. The van der Waals surface area contributed by atoms with Crippen molar-refractivity contribution < 1.29 is 24.2 Å². The van der Waals surface area contributed by atoms with E-state index in [1.54, 1.807) is 0 Å². The highest BCUT2D eigenvalue weighted by Crippen LogP contribution is 2.18. The van der Waals surface area contributed by atoms with Gasteiger partial charge in [0, 0.05) is 6.20 Å². The van der Waals surface area contributed by atoms with Gasteiger partial charge in [0.1, 0.15) is 11.7 Å². The van der Waals surface area contributed by atoms with E-state index < -0.39 is 30.1 Å². The van der Waals surface area contributed by atoms with Gasteiger partial charge in [-0.2, -0.15) is 0 Å². The molecular formula is C9H8FNO4. The van der Waals surface area contributed by atoms with Gasteiger partial charge < -0.3 is 10.2 Å². The Labute approximate surface area is 84.2 Å². The van der Waals surface area contributed by atoms with E-state index in [2.05, 4.69) is 4.98 Å². The van der Waals surface area contributed by atoms with Crippen LogP contribution in [0.5, 0.6) is 0 Å². The predicted octanol–water partition coefficient (Wildman–Crippen LogP) is 0.864. The summed E-state index contributed by atoms with van der Waals surface area (Å²) in [5.41, 5.74) is -0.0927. The van der Waals surface area contributed by atoms with Crippen LogP contribution in [0.25, 0.3) is 0 Å². The number of carbonyl (C=O) groups is 2. The van der Waals surface area contributed by atoms with Gasteiger partial charge in [-0.05, 0) is 12.1 Å². The number of hydrogen-bond donors (Lipinski definition) is 2. The second-order valence-corrected chi connectivity index (χ2v) is 2.89. The van der Waals surface area contributed by atoms with Gasteiger partial charge in [0.2, 0.25) is 0 Å². The zero-order chi connectivity index (χ0) is 11.4. The maximum absolute atomic E-state index is 12.7. The maximum Gasteiger partial charge on any atom is 0.313 e. The summed E-state index contributed by atoms with van der Waals surface area (Å²) in [4.78, 5) is 24.7. The summed E-state index contributed by atoms with van der Waals surface area (Å²) in [5.74, 6) is -4.57. The average molecular weight is 213 g/mol. The molecule has 15 heavy (non-hydrogen) atoms. The quantitative estimate of drug-likeness (QED) is 0.774. The highest BCUT2D eigenvalue weighted by Gasteiger charge is 2.24. The SMILES string of the molecule is O=C(O)CC(C(=O)O)c1cc(F)ccn1. The van der Waals surface area contributed by atoms with Gasteiger partial charge in [-0.1, -0.05) is 0 Å². The van der Waals surface area contributed by atoms with Crippen molar-refractivity contribution in [2.45, 2.75) is 12.3 Å². The Morgan fingerprint density at radius 2 is 2.13 bits per heavy atom. The zero-order valence-corrected chi connectivity index (χ0v) is 7.55. The Hall–Kier alpha value is -1.98. The first-order valence-corrected chi connectivity index (χ1v) is 4.06. The number of rotatable bonds is 4. The van der Waals surface area contributed by atoms with Gasteiger partial charge in [0.05, 0.1) is 12.1 Å². The van der Waals surface area contributed by atoms with Crippen LogP contribution in [-0.4, -0.2) is 27.1 Å². The Morgan fingerprint density at radius 3 is 2.60 bits per heavy atom. The molecule has 0 amide bonds. The summed E-state index contributed by atoms with van der Waals surface area (Å²) in [6.07, 6.45) is 0.480. The Balaban J connectivity index is 2.98. The highest BCUT2D eigenvalue weighted by molar-refractivity contribution is 5.81. The van der Waals surface area contributed by atoms with Crippen molar-refractivity contribution in [3.63, 3.8) is 0 Å². The lowest BCUT2D eigenvalue weighted by atomic mass is 10.0. The minimum absolute atomic E-state index is 0.0927. The first kappa shape index (κ1) is 11.1. The molecule has 0 aliphatic rings. The molecule has 0 aliphatic carbocycles. The third-order valence-corrected chi connectivity index (χ3v) is 1.78. The number of halogens is 1. The fourth-order valence-corrected chi connectivity index (χ4v) is 1.10. The molecule has 0 saturated heterocycles. The molecule has 0 aromatic carbocycles. The molecule has 5 nitrogen and oxygen atoms in total. The van der Waals surface area contributed by atoms with E-state index in [0.717, 1.165) is 18.3 Å². The normalized spacial score (nSPS) is 12.1. The lowest BCUT2D eigenvalue weighted by molar-refractivity contribution is -0.145. The second-order valence-electron chi connectivity index (χ2n) is 2.89. The summed E-state index contributed by atoms with van der Waals surface area (Å²) in [6, 6.07) is 1.98. The van der Waals surface area contributed by atoms with E-state index in [0.29, 0.717) is 0 Å². The highest BCUT2D eigenvalue weighted by atomic mass is 19.1. The van der Waals surface area contributed by atoms with E-state index in [1.807, 2.05) is 0 Å². The van der Waals surface area contributed by atoms with E-state index in [9.17, 15) is 14.0 Å². The van der Waals surface area contributed by atoms with Crippen LogP contribution in [0, 0.1) is 5.82 Å². The number of carboxylic acids is 2. The fraction of sp³-hybridized carbons (Fsp3) is 0.222. The van der Waals surface area contributed by atoms with Crippen LogP contribution in [-0.2, 0) is 9.59 Å². The number of carboxylic acid groups (broad SMARTS) is 2. The Morgan fingerprint density at radius 1 is 1.47 bits per heavy atom. The zero-order valence-electron chi connectivity index (χ0n) is 7.55. The molecule has 0 spiro atoms. The molecule has 0 aliphatic heterocycles. The summed E-state index contributed by atoms with van der Waals surface area (Å²) < 4.78 is 12.7. The molecule has 1 atom stereocenters. The van der Waals surface area contributed by atoms with Crippen molar-refractivity contribution >= 4 is 11.9 Å². The van der Waals surface area contributed by atoms with Gasteiger partial charge >= 0.3 is 11.9 Å². The van der Waals surface area contributed by atoms with Crippen molar-refractivity contribution in [3.05, 3.63) is 29.8 Å². The minimum Gasteiger partial charge on any atom is -0.481 e. The topological polar surface area (TPSA) is 87.5 Å². The van der Waals surface area contributed by atoms with Crippen molar-refractivity contribution in [1.29, 1.82) is 0 Å². The smallest absolute Gasteiger partial charge is 0.313 e. The molecular weight excluding hydrogens is 205 g/mol. The van der Waals surface area contributed by atoms with Crippen molar-refractivity contribution in [1.82, 2.24) is 4.98 Å².